The molecule has 3 heteroatoms. The smallest absolute Gasteiger partial charge is 0.226 e. The molecule has 0 spiro atoms. The molecule has 1 amide bonds. The molecular weight excluding hydrogens is 164 g/mol. The van der Waals surface area contributed by atoms with Crippen LogP contribution in [0.2, 0.25) is 0 Å². The summed E-state index contributed by atoms with van der Waals surface area (Å²) < 4.78 is 0. The maximum Gasteiger partial charge on any atom is 0.226 e. The molecule has 0 bridgehead atoms. The van der Waals surface area contributed by atoms with Gasteiger partial charge in [-0.05, 0) is 25.9 Å². The van der Waals surface area contributed by atoms with Crippen LogP contribution in [0, 0.1) is 18.3 Å². The van der Waals surface area contributed by atoms with E-state index in [1.807, 2.05) is 0 Å². The summed E-state index contributed by atoms with van der Waals surface area (Å²) in [4.78, 5) is 13.3. The first-order valence-electron chi connectivity index (χ1n) is 4.65. The summed E-state index contributed by atoms with van der Waals surface area (Å²) in [6.07, 6.45) is 7.02. The number of nitrogens with zero attached hydrogens (tertiary/aromatic N) is 1. The Kier molecular flexibility index (Phi) is 3.78. The lowest BCUT2D eigenvalue weighted by Crippen LogP contribution is -2.39. The van der Waals surface area contributed by atoms with Crippen molar-refractivity contribution in [2.45, 2.75) is 12.8 Å². The second kappa shape index (κ2) is 4.88. The van der Waals surface area contributed by atoms with Gasteiger partial charge in [-0.3, -0.25) is 4.79 Å². The third kappa shape index (κ3) is 2.74. The number of hydrogen-bond acceptors (Lipinski definition) is 2. The van der Waals surface area contributed by atoms with Crippen LogP contribution in [0.5, 0.6) is 0 Å². The van der Waals surface area contributed by atoms with Crippen molar-refractivity contribution in [2.24, 2.45) is 5.92 Å². The Labute approximate surface area is 79.5 Å². The number of hydrogen-bond donors (Lipinski definition) is 1. The molecule has 0 aromatic carbocycles. The summed E-state index contributed by atoms with van der Waals surface area (Å²) >= 11 is 0. The van der Waals surface area contributed by atoms with E-state index in [9.17, 15) is 4.79 Å². The van der Waals surface area contributed by atoms with E-state index in [0.29, 0.717) is 6.54 Å². The highest BCUT2D eigenvalue weighted by molar-refractivity contribution is 5.78. The SMILES string of the molecule is C#CCN(C)C(=O)C1CCNCC1. The first-order valence-corrected chi connectivity index (χ1v) is 4.65. The second-order valence-corrected chi connectivity index (χ2v) is 3.42. The third-order valence-corrected chi connectivity index (χ3v) is 2.39. The first-order chi connectivity index (χ1) is 6.25. The van der Waals surface area contributed by atoms with Crippen molar-refractivity contribution in [3.05, 3.63) is 0 Å². The molecule has 1 rings (SSSR count). The van der Waals surface area contributed by atoms with E-state index in [0.717, 1.165) is 25.9 Å². The van der Waals surface area contributed by atoms with Crippen LogP contribution >= 0.6 is 0 Å². The molecule has 1 fully saturated rings. The molecule has 1 N–H and O–H groups in total. The standard InChI is InChI=1S/C10H16N2O/c1-3-8-12(2)10(13)9-4-6-11-7-5-9/h1,9,11H,4-8H2,2H3. The van der Waals surface area contributed by atoms with E-state index >= 15 is 0 Å². The monoisotopic (exact) mass is 180 g/mol. The van der Waals surface area contributed by atoms with Gasteiger partial charge in [-0.1, -0.05) is 5.92 Å². The van der Waals surface area contributed by atoms with Gasteiger partial charge in [-0.25, -0.2) is 0 Å². The summed E-state index contributed by atoms with van der Waals surface area (Å²) in [5.41, 5.74) is 0. The Morgan fingerprint density at radius 1 is 1.62 bits per heavy atom. The molecule has 1 heterocycles. The van der Waals surface area contributed by atoms with Gasteiger partial charge in [0.1, 0.15) is 0 Å². The number of carbonyl (C=O) groups excluding carboxylic acids is 1. The van der Waals surface area contributed by atoms with Gasteiger partial charge in [0.2, 0.25) is 5.91 Å². The molecule has 0 saturated carbocycles. The van der Waals surface area contributed by atoms with Crippen molar-refractivity contribution in [3.8, 4) is 12.3 Å². The lowest BCUT2D eigenvalue weighted by Gasteiger charge is -2.25. The summed E-state index contributed by atoms with van der Waals surface area (Å²) in [6, 6.07) is 0. The van der Waals surface area contributed by atoms with Gasteiger partial charge in [0.15, 0.2) is 0 Å². The van der Waals surface area contributed by atoms with Gasteiger partial charge in [-0.2, -0.15) is 0 Å². The lowest BCUT2D eigenvalue weighted by atomic mass is 9.97. The quantitative estimate of drug-likeness (QED) is 0.610. The maximum absolute atomic E-state index is 11.7. The molecule has 0 atom stereocenters. The van der Waals surface area contributed by atoms with Gasteiger partial charge >= 0.3 is 0 Å². The molecule has 1 saturated heterocycles. The molecule has 0 aromatic rings. The molecule has 1 aliphatic heterocycles. The van der Waals surface area contributed by atoms with Crippen LogP contribution in [0.15, 0.2) is 0 Å². The van der Waals surface area contributed by atoms with Crippen molar-refractivity contribution in [3.63, 3.8) is 0 Å². The molecule has 72 valence electrons. The zero-order valence-electron chi connectivity index (χ0n) is 8.05. The number of carbonyl (C=O) groups is 1. The van der Waals surface area contributed by atoms with E-state index in [1.165, 1.54) is 0 Å². The predicted octanol–water partition coefficient (Wildman–Crippen LogP) is 0.0776. The number of rotatable bonds is 2. The number of terminal acetylenes is 1. The van der Waals surface area contributed by atoms with Crippen LogP contribution in [0.1, 0.15) is 12.8 Å². The lowest BCUT2D eigenvalue weighted by molar-refractivity contribution is -0.134. The Bertz CT molecular complexity index is 213. The van der Waals surface area contributed by atoms with E-state index < -0.39 is 0 Å². The number of amides is 1. The minimum atomic E-state index is 0.180. The Morgan fingerprint density at radius 3 is 2.77 bits per heavy atom. The summed E-state index contributed by atoms with van der Waals surface area (Å²) in [6.45, 7) is 2.31. The van der Waals surface area contributed by atoms with Crippen molar-refractivity contribution in [1.82, 2.24) is 10.2 Å². The molecule has 0 radical (unpaired) electrons. The Hall–Kier alpha value is -1.01. The average Bonchev–Trinajstić information content (AvgIpc) is 2.18. The highest BCUT2D eigenvalue weighted by atomic mass is 16.2. The minimum Gasteiger partial charge on any atom is -0.334 e. The maximum atomic E-state index is 11.7. The van der Waals surface area contributed by atoms with Crippen LogP contribution in [0.4, 0.5) is 0 Å². The highest BCUT2D eigenvalue weighted by Gasteiger charge is 2.23. The van der Waals surface area contributed by atoms with Crippen molar-refractivity contribution >= 4 is 5.91 Å². The largest absolute Gasteiger partial charge is 0.334 e. The predicted molar refractivity (Wildman–Crippen MR) is 52.1 cm³/mol. The van der Waals surface area contributed by atoms with E-state index in [1.54, 1.807) is 11.9 Å². The zero-order chi connectivity index (χ0) is 9.68. The van der Waals surface area contributed by atoms with E-state index in [2.05, 4.69) is 11.2 Å². The molecule has 3 nitrogen and oxygen atoms in total. The second-order valence-electron chi connectivity index (χ2n) is 3.42. The van der Waals surface area contributed by atoms with Crippen LogP contribution < -0.4 is 5.32 Å². The summed E-state index contributed by atoms with van der Waals surface area (Å²) in [7, 11) is 1.77. The first kappa shape index (κ1) is 10.1. The number of nitrogens with one attached hydrogen (secondary N) is 1. The number of piperidine rings is 1. The van der Waals surface area contributed by atoms with Gasteiger partial charge < -0.3 is 10.2 Å². The summed E-state index contributed by atoms with van der Waals surface area (Å²) in [5, 5.41) is 3.23. The molecular formula is C10H16N2O. The van der Waals surface area contributed by atoms with Gasteiger partial charge in [0.05, 0.1) is 6.54 Å². The van der Waals surface area contributed by atoms with Crippen molar-refractivity contribution in [2.75, 3.05) is 26.7 Å². The fourth-order valence-corrected chi connectivity index (χ4v) is 1.60. The normalized spacial score (nSPS) is 17.8. The Balaban J connectivity index is 2.41. The minimum absolute atomic E-state index is 0.180. The highest BCUT2D eigenvalue weighted by Crippen LogP contribution is 2.13. The third-order valence-electron chi connectivity index (χ3n) is 2.39. The van der Waals surface area contributed by atoms with Gasteiger partial charge in [0, 0.05) is 13.0 Å². The topological polar surface area (TPSA) is 32.3 Å². The molecule has 13 heavy (non-hydrogen) atoms. The molecule has 0 aromatic heterocycles. The van der Waals surface area contributed by atoms with Crippen molar-refractivity contribution in [1.29, 1.82) is 0 Å². The van der Waals surface area contributed by atoms with Crippen LogP contribution in [-0.4, -0.2) is 37.5 Å². The fourth-order valence-electron chi connectivity index (χ4n) is 1.60. The van der Waals surface area contributed by atoms with E-state index in [4.69, 9.17) is 6.42 Å². The molecule has 1 aliphatic rings. The van der Waals surface area contributed by atoms with Crippen molar-refractivity contribution < 1.29 is 4.79 Å². The van der Waals surface area contributed by atoms with Gasteiger partial charge in [0.25, 0.3) is 0 Å². The zero-order valence-corrected chi connectivity index (χ0v) is 8.05. The van der Waals surface area contributed by atoms with Gasteiger partial charge in [-0.15, -0.1) is 6.42 Å². The summed E-state index contributed by atoms with van der Waals surface area (Å²) in [5.74, 6) is 2.85. The Morgan fingerprint density at radius 2 is 2.23 bits per heavy atom. The van der Waals surface area contributed by atoms with E-state index in [-0.39, 0.29) is 11.8 Å². The van der Waals surface area contributed by atoms with Crippen LogP contribution in [0.25, 0.3) is 0 Å². The molecule has 0 unspecified atom stereocenters. The van der Waals surface area contributed by atoms with Crippen LogP contribution in [-0.2, 0) is 4.79 Å². The average molecular weight is 180 g/mol. The fraction of sp³-hybridized carbons (Fsp3) is 0.700. The molecule has 0 aliphatic carbocycles. The van der Waals surface area contributed by atoms with Crippen LogP contribution in [0.3, 0.4) is 0 Å².